The fourth-order valence-electron chi connectivity index (χ4n) is 2.11. The van der Waals surface area contributed by atoms with Crippen molar-refractivity contribution in [2.24, 2.45) is 5.73 Å². The number of hydrogen-bond donors (Lipinski definition) is 1. The van der Waals surface area contributed by atoms with E-state index in [0.29, 0.717) is 29.7 Å². The lowest BCUT2D eigenvalue weighted by molar-refractivity contribution is 0.631. The first-order valence-corrected chi connectivity index (χ1v) is 6.06. The Bertz CT molecular complexity index is 720. The lowest BCUT2D eigenvalue weighted by Gasteiger charge is -2.03. The lowest BCUT2D eigenvalue weighted by Crippen LogP contribution is -2.02. The van der Waals surface area contributed by atoms with Crippen molar-refractivity contribution in [3.63, 3.8) is 0 Å². The van der Waals surface area contributed by atoms with Gasteiger partial charge in [-0.3, -0.25) is 4.40 Å². The highest BCUT2D eigenvalue weighted by molar-refractivity contribution is 5.77. The molecule has 1 aromatic carbocycles. The van der Waals surface area contributed by atoms with Gasteiger partial charge in [-0.25, -0.2) is 14.4 Å². The Morgan fingerprint density at radius 1 is 1.21 bits per heavy atom. The van der Waals surface area contributed by atoms with E-state index in [0.717, 1.165) is 5.69 Å². The summed E-state index contributed by atoms with van der Waals surface area (Å²) >= 11 is 0. The zero-order valence-corrected chi connectivity index (χ0v) is 10.3. The van der Waals surface area contributed by atoms with E-state index in [2.05, 4.69) is 9.97 Å². The zero-order valence-electron chi connectivity index (χ0n) is 10.3. The van der Waals surface area contributed by atoms with Gasteiger partial charge in [0, 0.05) is 29.9 Å². The van der Waals surface area contributed by atoms with E-state index in [-0.39, 0.29) is 5.82 Å². The van der Waals surface area contributed by atoms with Crippen LogP contribution in [0.15, 0.2) is 43.0 Å². The molecule has 5 heteroatoms. The third-order valence-electron chi connectivity index (χ3n) is 2.98. The molecule has 0 aliphatic rings. The number of fused-ring (bicyclic) bond motifs is 1. The standard InChI is InChI=1S/C14H13FN4/c15-13-4-2-1-3-11(13)12-7-17-9-19-8-10(5-6-16)18-14(12)19/h1-4,7-9H,5-6,16H2. The number of benzene rings is 1. The second-order valence-electron chi connectivity index (χ2n) is 4.29. The molecule has 0 amide bonds. The largest absolute Gasteiger partial charge is 0.330 e. The second kappa shape index (κ2) is 4.78. The van der Waals surface area contributed by atoms with Gasteiger partial charge in [0.2, 0.25) is 0 Å². The Morgan fingerprint density at radius 3 is 2.84 bits per heavy atom. The monoisotopic (exact) mass is 256 g/mol. The zero-order chi connectivity index (χ0) is 13.2. The molecule has 2 aromatic heterocycles. The van der Waals surface area contributed by atoms with Crippen LogP contribution >= 0.6 is 0 Å². The molecular formula is C14H13FN4. The molecule has 0 aliphatic carbocycles. The molecule has 0 atom stereocenters. The van der Waals surface area contributed by atoms with Crippen LogP contribution in [-0.4, -0.2) is 20.9 Å². The predicted molar refractivity (Wildman–Crippen MR) is 71.1 cm³/mol. The van der Waals surface area contributed by atoms with E-state index in [1.807, 2.05) is 6.20 Å². The first kappa shape index (κ1) is 11.8. The van der Waals surface area contributed by atoms with E-state index in [1.165, 1.54) is 6.07 Å². The molecule has 0 unspecified atom stereocenters. The normalized spacial score (nSPS) is 11.1. The Balaban J connectivity index is 2.21. The van der Waals surface area contributed by atoms with Crippen molar-refractivity contribution in [3.05, 3.63) is 54.5 Å². The number of imidazole rings is 1. The highest BCUT2D eigenvalue weighted by Crippen LogP contribution is 2.25. The van der Waals surface area contributed by atoms with Crippen LogP contribution < -0.4 is 5.73 Å². The molecule has 2 heterocycles. The van der Waals surface area contributed by atoms with E-state index >= 15 is 0 Å². The van der Waals surface area contributed by atoms with Gasteiger partial charge in [-0.05, 0) is 12.6 Å². The predicted octanol–water partition coefficient (Wildman–Crippen LogP) is 2.04. The molecule has 0 radical (unpaired) electrons. The highest BCUT2D eigenvalue weighted by Gasteiger charge is 2.11. The van der Waals surface area contributed by atoms with Gasteiger partial charge in [-0.15, -0.1) is 0 Å². The van der Waals surface area contributed by atoms with Crippen molar-refractivity contribution in [2.75, 3.05) is 6.54 Å². The molecule has 0 fully saturated rings. The molecule has 0 spiro atoms. The minimum atomic E-state index is -0.277. The Kier molecular flexibility index (Phi) is 2.97. The van der Waals surface area contributed by atoms with Crippen molar-refractivity contribution in [1.29, 1.82) is 0 Å². The molecule has 0 aliphatic heterocycles. The minimum Gasteiger partial charge on any atom is -0.330 e. The molecule has 4 nitrogen and oxygen atoms in total. The third-order valence-corrected chi connectivity index (χ3v) is 2.98. The van der Waals surface area contributed by atoms with Gasteiger partial charge >= 0.3 is 0 Å². The molecule has 2 N–H and O–H groups in total. The van der Waals surface area contributed by atoms with Gasteiger partial charge in [0.05, 0.1) is 5.69 Å². The van der Waals surface area contributed by atoms with Gasteiger partial charge in [-0.2, -0.15) is 0 Å². The molecule has 3 rings (SSSR count). The van der Waals surface area contributed by atoms with E-state index in [4.69, 9.17) is 5.73 Å². The number of halogens is 1. The molecule has 96 valence electrons. The molecule has 0 saturated heterocycles. The number of nitrogens with two attached hydrogens (primary N) is 1. The lowest BCUT2D eigenvalue weighted by atomic mass is 10.1. The summed E-state index contributed by atoms with van der Waals surface area (Å²) in [6.07, 6.45) is 5.86. The first-order valence-electron chi connectivity index (χ1n) is 6.06. The van der Waals surface area contributed by atoms with Gasteiger partial charge < -0.3 is 5.73 Å². The van der Waals surface area contributed by atoms with Crippen molar-refractivity contribution in [3.8, 4) is 11.1 Å². The summed E-state index contributed by atoms with van der Waals surface area (Å²) in [5, 5.41) is 0. The average molecular weight is 256 g/mol. The summed E-state index contributed by atoms with van der Waals surface area (Å²) in [7, 11) is 0. The topological polar surface area (TPSA) is 56.2 Å². The molecule has 19 heavy (non-hydrogen) atoms. The van der Waals surface area contributed by atoms with E-state index in [9.17, 15) is 4.39 Å². The van der Waals surface area contributed by atoms with E-state index in [1.54, 1.807) is 35.1 Å². The van der Waals surface area contributed by atoms with Gasteiger partial charge in [-0.1, -0.05) is 18.2 Å². The maximum Gasteiger partial charge on any atom is 0.147 e. The van der Waals surface area contributed by atoms with E-state index < -0.39 is 0 Å². The highest BCUT2D eigenvalue weighted by atomic mass is 19.1. The summed E-state index contributed by atoms with van der Waals surface area (Å²) in [6.45, 7) is 0.534. The second-order valence-corrected chi connectivity index (χ2v) is 4.29. The van der Waals surface area contributed by atoms with Crippen molar-refractivity contribution < 1.29 is 4.39 Å². The summed E-state index contributed by atoms with van der Waals surface area (Å²) in [6, 6.07) is 6.62. The Morgan fingerprint density at radius 2 is 2.05 bits per heavy atom. The van der Waals surface area contributed by atoms with Crippen LogP contribution in [0.25, 0.3) is 16.8 Å². The van der Waals surface area contributed by atoms with Crippen LogP contribution in [0, 0.1) is 5.82 Å². The van der Waals surface area contributed by atoms with Crippen molar-refractivity contribution in [1.82, 2.24) is 14.4 Å². The number of rotatable bonds is 3. The van der Waals surface area contributed by atoms with Gasteiger partial charge in [0.1, 0.15) is 17.8 Å². The molecule has 0 saturated carbocycles. The first-order chi connectivity index (χ1) is 9.29. The summed E-state index contributed by atoms with van der Waals surface area (Å²) < 4.78 is 15.7. The molecular weight excluding hydrogens is 243 g/mol. The quantitative estimate of drug-likeness (QED) is 0.780. The van der Waals surface area contributed by atoms with Crippen LogP contribution in [0.5, 0.6) is 0 Å². The van der Waals surface area contributed by atoms with Crippen molar-refractivity contribution >= 4 is 5.65 Å². The number of hydrogen-bond acceptors (Lipinski definition) is 3. The van der Waals surface area contributed by atoms with Crippen LogP contribution in [0.4, 0.5) is 4.39 Å². The SMILES string of the molecule is NCCc1cn2cncc(-c3ccccc3F)c2n1. The van der Waals surface area contributed by atoms with Crippen LogP contribution in [0.3, 0.4) is 0 Å². The maximum absolute atomic E-state index is 13.9. The molecule has 3 aromatic rings. The van der Waals surface area contributed by atoms with Crippen LogP contribution in [0.1, 0.15) is 5.69 Å². The molecule has 0 bridgehead atoms. The summed E-state index contributed by atoms with van der Waals surface area (Å²) in [4.78, 5) is 8.63. The van der Waals surface area contributed by atoms with Gasteiger partial charge in [0.15, 0.2) is 0 Å². The Hall–Kier alpha value is -2.27. The van der Waals surface area contributed by atoms with Crippen LogP contribution in [-0.2, 0) is 6.42 Å². The van der Waals surface area contributed by atoms with Gasteiger partial charge in [0.25, 0.3) is 0 Å². The fraction of sp³-hybridized carbons (Fsp3) is 0.143. The Labute approximate surface area is 109 Å². The summed E-state index contributed by atoms with van der Waals surface area (Å²) in [5.41, 5.74) is 8.30. The average Bonchev–Trinajstić information content (AvgIpc) is 2.82. The maximum atomic E-state index is 13.9. The van der Waals surface area contributed by atoms with Crippen molar-refractivity contribution in [2.45, 2.75) is 6.42 Å². The minimum absolute atomic E-state index is 0.277. The van der Waals surface area contributed by atoms with Crippen LogP contribution in [0.2, 0.25) is 0 Å². The summed E-state index contributed by atoms with van der Waals surface area (Å²) in [5.74, 6) is -0.277. The third kappa shape index (κ3) is 2.08. The number of nitrogens with zero attached hydrogens (tertiary/aromatic N) is 3. The fourth-order valence-corrected chi connectivity index (χ4v) is 2.11. The number of aromatic nitrogens is 3. The smallest absolute Gasteiger partial charge is 0.147 e.